The molecule has 2 aromatic rings. The standard InChI is InChI=1S/C12H11BrN2O3S/c13-9-4-3-8(19-9)10-14-11(18-15-10)6-1-2-7(5-6)12(16)17/h3-4,6-7H,1-2,5H2,(H,16,17). The molecule has 1 saturated carbocycles. The molecule has 0 saturated heterocycles. The highest BCUT2D eigenvalue weighted by atomic mass is 79.9. The van der Waals surface area contributed by atoms with E-state index in [0.29, 0.717) is 24.6 Å². The van der Waals surface area contributed by atoms with E-state index in [1.807, 2.05) is 12.1 Å². The monoisotopic (exact) mass is 342 g/mol. The molecule has 0 bridgehead atoms. The average molecular weight is 343 g/mol. The minimum absolute atomic E-state index is 0.0748. The minimum atomic E-state index is -0.732. The van der Waals surface area contributed by atoms with Crippen molar-refractivity contribution in [2.75, 3.05) is 0 Å². The lowest BCUT2D eigenvalue weighted by atomic mass is 10.1. The van der Waals surface area contributed by atoms with E-state index in [-0.39, 0.29) is 11.8 Å². The number of carboxylic acid groups (broad SMARTS) is 1. The van der Waals surface area contributed by atoms with Crippen LogP contribution in [0.1, 0.15) is 31.1 Å². The fraction of sp³-hybridized carbons (Fsp3) is 0.417. The molecule has 1 aliphatic rings. The van der Waals surface area contributed by atoms with Crippen LogP contribution in [0.3, 0.4) is 0 Å². The van der Waals surface area contributed by atoms with Gasteiger partial charge >= 0.3 is 5.97 Å². The Kier molecular flexibility index (Phi) is 3.40. The zero-order valence-electron chi connectivity index (χ0n) is 9.88. The largest absolute Gasteiger partial charge is 0.481 e. The fourth-order valence-electron chi connectivity index (χ4n) is 2.37. The van der Waals surface area contributed by atoms with Crippen molar-refractivity contribution in [2.24, 2.45) is 5.92 Å². The maximum Gasteiger partial charge on any atom is 0.306 e. The van der Waals surface area contributed by atoms with E-state index in [1.54, 1.807) is 0 Å². The second-order valence-electron chi connectivity index (χ2n) is 4.61. The summed E-state index contributed by atoms with van der Waals surface area (Å²) in [6.07, 6.45) is 2.07. The topological polar surface area (TPSA) is 76.2 Å². The Morgan fingerprint density at radius 2 is 2.32 bits per heavy atom. The van der Waals surface area contributed by atoms with E-state index in [0.717, 1.165) is 15.1 Å². The van der Waals surface area contributed by atoms with Crippen LogP contribution in [-0.2, 0) is 4.79 Å². The summed E-state index contributed by atoms with van der Waals surface area (Å²) in [5.41, 5.74) is 0. The number of rotatable bonds is 3. The number of hydrogen-bond donors (Lipinski definition) is 1. The minimum Gasteiger partial charge on any atom is -0.481 e. The van der Waals surface area contributed by atoms with Gasteiger partial charge in [-0.15, -0.1) is 11.3 Å². The van der Waals surface area contributed by atoms with Crippen LogP contribution in [-0.4, -0.2) is 21.2 Å². The maximum absolute atomic E-state index is 10.9. The van der Waals surface area contributed by atoms with Crippen LogP contribution in [0, 0.1) is 5.92 Å². The Balaban J connectivity index is 1.77. The molecule has 0 aromatic carbocycles. The van der Waals surface area contributed by atoms with E-state index in [4.69, 9.17) is 9.63 Å². The molecule has 3 rings (SSSR count). The third kappa shape index (κ3) is 2.57. The van der Waals surface area contributed by atoms with Gasteiger partial charge in [-0.25, -0.2) is 0 Å². The molecule has 19 heavy (non-hydrogen) atoms. The lowest BCUT2D eigenvalue weighted by molar-refractivity contribution is -0.141. The smallest absolute Gasteiger partial charge is 0.306 e. The molecule has 0 amide bonds. The third-order valence-electron chi connectivity index (χ3n) is 3.37. The van der Waals surface area contributed by atoms with Crippen LogP contribution in [0.5, 0.6) is 0 Å². The van der Waals surface area contributed by atoms with Crippen LogP contribution in [0.15, 0.2) is 20.4 Å². The number of aliphatic carboxylic acids is 1. The van der Waals surface area contributed by atoms with Crippen LogP contribution >= 0.6 is 27.3 Å². The summed E-state index contributed by atoms with van der Waals surface area (Å²) < 4.78 is 6.29. The molecule has 2 unspecified atom stereocenters. The molecule has 1 N–H and O–H groups in total. The van der Waals surface area contributed by atoms with Crippen molar-refractivity contribution in [3.8, 4) is 10.7 Å². The quantitative estimate of drug-likeness (QED) is 0.923. The highest BCUT2D eigenvalue weighted by Crippen LogP contribution is 2.38. The van der Waals surface area contributed by atoms with Gasteiger partial charge in [0.05, 0.1) is 14.6 Å². The predicted molar refractivity (Wildman–Crippen MR) is 73.0 cm³/mol. The molecule has 0 radical (unpaired) electrons. The zero-order chi connectivity index (χ0) is 13.4. The second-order valence-corrected chi connectivity index (χ2v) is 7.07. The summed E-state index contributed by atoms with van der Waals surface area (Å²) in [6.45, 7) is 0. The molecule has 2 atom stereocenters. The number of hydrogen-bond acceptors (Lipinski definition) is 5. The fourth-order valence-corrected chi connectivity index (χ4v) is 3.68. The first-order chi connectivity index (χ1) is 9.13. The average Bonchev–Trinajstić information content (AvgIpc) is 3.07. The SMILES string of the molecule is O=C(O)C1CCC(c2nc(-c3ccc(Br)s3)no2)C1. The molecular weight excluding hydrogens is 332 g/mol. The first kappa shape index (κ1) is 12.8. The molecule has 1 fully saturated rings. The van der Waals surface area contributed by atoms with Gasteiger partial charge in [0.2, 0.25) is 11.7 Å². The van der Waals surface area contributed by atoms with Crippen LogP contribution in [0.4, 0.5) is 0 Å². The first-order valence-electron chi connectivity index (χ1n) is 5.95. The summed E-state index contributed by atoms with van der Waals surface area (Å²) in [5, 5.41) is 13.0. The Labute approximate surface area is 121 Å². The van der Waals surface area contributed by atoms with Gasteiger partial charge in [-0.1, -0.05) is 5.16 Å². The van der Waals surface area contributed by atoms with Crippen LogP contribution < -0.4 is 0 Å². The number of thiophene rings is 1. The maximum atomic E-state index is 10.9. The van der Waals surface area contributed by atoms with Crippen molar-refractivity contribution in [3.63, 3.8) is 0 Å². The Morgan fingerprint density at radius 1 is 1.47 bits per heavy atom. The van der Waals surface area contributed by atoms with Gasteiger partial charge in [0, 0.05) is 5.92 Å². The van der Waals surface area contributed by atoms with E-state index in [1.165, 1.54) is 11.3 Å². The van der Waals surface area contributed by atoms with Gasteiger partial charge in [-0.3, -0.25) is 4.79 Å². The Morgan fingerprint density at radius 3 is 2.95 bits per heavy atom. The summed E-state index contributed by atoms with van der Waals surface area (Å²) in [7, 11) is 0. The van der Waals surface area contributed by atoms with Crippen molar-refractivity contribution >= 4 is 33.2 Å². The normalized spacial score (nSPS) is 22.8. The summed E-state index contributed by atoms with van der Waals surface area (Å²) >= 11 is 4.93. The van der Waals surface area contributed by atoms with Gasteiger partial charge in [0.15, 0.2) is 0 Å². The van der Waals surface area contributed by atoms with Crippen molar-refractivity contribution in [3.05, 3.63) is 21.8 Å². The van der Waals surface area contributed by atoms with Crippen molar-refractivity contribution < 1.29 is 14.4 Å². The highest BCUT2D eigenvalue weighted by molar-refractivity contribution is 9.11. The zero-order valence-corrected chi connectivity index (χ0v) is 12.3. The molecule has 2 heterocycles. The van der Waals surface area contributed by atoms with E-state index >= 15 is 0 Å². The molecule has 100 valence electrons. The number of halogens is 1. The predicted octanol–water partition coefficient (Wildman–Crippen LogP) is 3.53. The second kappa shape index (κ2) is 5.05. The van der Waals surface area contributed by atoms with Crippen LogP contribution in [0.2, 0.25) is 0 Å². The number of carbonyl (C=O) groups is 1. The number of nitrogens with zero attached hydrogens (tertiary/aromatic N) is 2. The molecule has 7 heteroatoms. The number of carboxylic acids is 1. The van der Waals surface area contributed by atoms with Gasteiger partial charge in [-0.05, 0) is 47.3 Å². The lowest BCUT2D eigenvalue weighted by Gasteiger charge is -2.02. The van der Waals surface area contributed by atoms with Crippen LogP contribution in [0.25, 0.3) is 10.7 Å². The van der Waals surface area contributed by atoms with Crippen molar-refractivity contribution in [1.29, 1.82) is 0 Å². The van der Waals surface area contributed by atoms with Gasteiger partial charge < -0.3 is 9.63 Å². The highest BCUT2D eigenvalue weighted by Gasteiger charge is 2.33. The molecule has 1 aliphatic carbocycles. The Hall–Kier alpha value is -1.21. The molecular formula is C12H11BrN2O3S. The summed E-state index contributed by atoms with van der Waals surface area (Å²) in [6, 6.07) is 3.87. The molecule has 2 aromatic heterocycles. The number of aromatic nitrogens is 2. The van der Waals surface area contributed by atoms with Gasteiger partial charge in [0.25, 0.3) is 0 Å². The van der Waals surface area contributed by atoms with Gasteiger partial charge in [0.1, 0.15) is 0 Å². The van der Waals surface area contributed by atoms with Crippen molar-refractivity contribution in [1.82, 2.24) is 10.1 Å². The molecule has 0 aliphatic heterocycles. The van der Waals surface area contributed by atoms with Gasteiger partial charge in [-0.2, -0.15) is 4.98 Å². The third-order valence-corrected chi connectivity index (χ3v) is 4.99. The summed E-state index contributed by atoms with van der Waals surface area (Å²) in [4.78, 5) is 16.3. The van der Waals surface area contributed by atoms with E-state index in [9.17, 15) is 4.79 Å². The molecule has 0 spiro atoms. The van der Waals surface area contributed by atoms with E-state index in [2.05, 4.69) is 26.1 Å². The van der Waals surface area contributed by atoms with E-state index < -0.39 is 5.97 Å². The summed E-state index contributed by atoms with van der Waals surface area (Å²) in [5.74, 6) is 0.194. The van der Waals surface area contributed by atoms with Crippen molar-refractivity contribution in [2.45, 2.75) is 25.2 Å². The first-order valence-corrected chi connectivity index (χ1v) is 7.56. The Bertz CT molecular complexity index is 610. The lowest BCUT2D eigenvalue weighted by Crippen LogP contribution is -2.09. The molecule has 5 nitrogen and oxygen atoms in total.